The van der Waals surface area contributed by atoms with Gasteiger partial charge in [0.2, 0.25) is 5.91 Å². The van der Waals surface area contributed by atoms with Crippen LogP contribution in [0.25, 0.3) is 17.1 Å². The lowest BCUT2D eigenvalue weighted by atomic mass is 10.2. The zero-order valence-corrected chi connectivity index (χ0v) is 12.3. The summed E-state index contributed by atoms with van der Waals surface area (Å²) in [6.07, 6.45) is 0. The Labute approximate surface area is 134 Å². The van der Waals surface area contributed by atoms with E-state index in [-0.39, 0.29) is 16.4 Å². The Balaban J connectivity index is 2.08. The van der Waals surface area contributed by atoms with E-state index >= 15 is 0 Å². The molecule has 0 saturated carbocycles. The number of hydrogen-bond acceptors (Lipinski definition) is 3. The Kier molecular flexibility index (Phi) is 3.71. The van der Waals surface area contributed by atoms with Crippen molar-refractivity contribution >= 4 is 17.5 Å². The number of nitrogens with zero attached hydrogens (tertiary/aromatic N) is 2. The molecule has 0 saturated heterocycles. The van der Waals surface area contributed by atoms with E-state index in [9.17, 15) is 14.0 Å². The molecule has 1 aromatic heterocycles. The number of carbonyl (C=O) groups is 1. The first-order valence-electron chi connectivity index (χ1n) is 6.51. The molecule has 3 aromatic rings. The minimum absolute atomic E-state index is 0.0112. The van der Waals surface area contributed by atoms with Crippen LogP contribution in [0.1, 0.15) is 10.4 Å². The van der Waals surface area contributed by atoms with Crippen molar-refractivity contribution in [3.8, 4) is 17.1 Å². The van der Waals surface area contributed by atoms with Crippen LogP contribution in [0, 0.1) is 5.82 Å². The zero-order valence-electron chi connectivity index (χ0n) is 11.6. The molecular formula is C15H10ClFN4O2. The second-order valence-corrected chi connectivity index (χ2v) is 5.11. The summed E-state index contributed by atoms with van der Waals surface area (Å²) >= 11 is 5.96. The number of amides is 1. The van der Waals surface area contributed by atoms with Crippen molar-refractivity contribution in [2.45, 2.75) is 0 Å². The molecule has 0 aliphatic carbocycles. The highest BCUT2D eigenvalue weighted by molar-refractivity contribution is 6.33. The number of aromatic nitrogens is 3. The molecule has 0 aliphatic rings. The minimum Gasteiger partial charge on any atom is -0.366 e. The van der Waals surface area contributed by atoms with E-state index < -0.39 is 17.4 Å². The first-order valence-corrected chi connectivity index (χ1v) is 6.89. The van der Waals surface area contributed by atoms with Gasteiger partial charge in [-0.2, -0.15) is 4.68 Å². The summed E-state index contributed by atoms with van der Waals surface area (Å²) in [5.41, 5.74) is 5.31. The summed E-state index contributed by atoms with van der Waals surface area (Å²) in [4.78, 5) is 25.6. The molecule has 6 nitrogen and oxygen atoms in total. The highest BCUT2D eigenvalue weighted by Crippen LogP contribution is 2.27. The average molecular weight is 333 g/mol. The molecule has 1 heterocycles. The summed E-state index contributed by atoms with van der Waals surface area (Å²) < 4.78 is 15.0. The van der Waals surface area contributed by atoms with Crippen molar-refractivity contribution in [3.63, 3.8) is 0 Å². The number of nitrogens with two attached hydrogens (primary N) is 1. The fraction of sp³-hybridized carbons (Fsp3) is 0. The Morgan fingerprint density at radius 3 is 2.52 bits per heavy atom. The van der Waals surface area contributed by atoms with Crippen molar-refractivity contribution in [3.05, 3.63) is 69.4 Å². The Bertz CT molecular complexity index is 927. The van der Waals surface area contributed by atoms with Crippen LogP contribution < -0.4 is 11.4 Å². The highest BCUT2D eigenvalue weighted by atomic mass is 35.5. The van der Waals surface area contributed by atoms with E-state index in [2.05, 4.69) is 10.1 Å². The Morgan fingerprint density at radius 2 is 1.91 bits per heavy atom. The standard InChI is InChI=1S/C15H10ClFN4O2/c16-10-2-1-3-11(17)12(10)14-19-15(23)21(20-14)9-6-4-8(5-7-9)13(18)22/h1-7H,(H2,18,22)(H,19,20,23). The van der Waals surface area contributed by atoms with Crippen LogP contribution in [0.3, 0.4) is 0 Å². The van der Waals surface area contributed by atoms with Crippen LogP contribution in [0.2, 0.25) is 5.02 Å². The van der Waals surface area contributed by atoms with E-state index in [0.29, 0.717) is 11.3 Å². The topological polar surface area (TPSA) is 93.8 Å². The SMILES string of the molecule is NC(=O)c1ccc(-n2nc(-c3c(F)cccc3Cl)[nH]c2=O)cc1. The van der Waals surface area contributed by atoms with Crippen molar-refractivity contribution in [2.24, 2.45) is 5.73 Å². The van der Waals surface area contributed by atoms with E-state index in [4.69, 9.17) is 17.3 Å². The maximum Gasteiger partial charge on any atom is 0.348 e. The third kappa shape index (κ3) is 2.74. The van der Waals surface area contributed by atoms with Crippen LogP contribution >= 0.6 is 11.6 Å². The number of nitrogens with one attached hydrogen (secondary N) is 1. The molecule has 0 aliphatic heterocycles. The van der Waals surface area contributed by atoms with E-state index in [1.807, 2.05) is 0 Å². The van der Waals surface area contributed by atoms with Gasteiger partial charge in [0, 0.05) is 5.56 Å². The third-order valence-electron chi connectivity index (χ3n) is 3.21. The maximum atomic E-state index is 13.9. The summed E-state index contributed by atoms with van der Waals surface area (Å²) in [6.45, 7) is 0. The van der Waals surface area contributed by atoms with Gasteiger partial charge in [0.15, 0.2) is 5.82 Å². The number of benzene rings is 2. The number of carbonyl (C=O) groups excluding carboxylic acids is 1. The van der Waals surface area contributed by atoms with E-state index in [0.717, 1.165) is 4.68 Å². The molecule has 0 unspecified atom stereocenters. The highest BCUT2D eigenvalue weighted by Gasteiger charge is 2.16. The molecule has 3 N–H and O–H groups in total. The number of primary amides is 1. The fourth-order valence-corrected chi connectivity index (χ4v) is 2.36. The van der Waals surface area contributed by atoms with Crippen molar-refractivity contribution in [1.82, 2.24) is 14.8 Å². The number of halogens is 2. The van der Waals surface area contributed by atoms with Gasteiger partial charge < -0.3 is 5.73 Å². The van der Waals surface area contributed by atoms with Gasteiger partial charge in [-0.1, -0.05) is 17.7 Å². The lowest BCUT2D eigenvalue weighted by Gasteiger charge is -2.02. The molecule has 0 spiro atoms. The van der Waals surface area contributed by atoms with Crippen LogP contribution in [0.15, 0.2) is 47.3 Å². The zero-order chi connectivity index (χ0) is 16.6. The van der Waals surface area contributed by atoms with Crippen molar-refractivity contribution < 1.29 is 9.18 Å². The third-order valence-corrected chi connectivity index (χ3v) is 3.53. The average Bonchev–Trinajstić information content (AvgIpc) is 2.89. The second kappa shape index (κ2) is 5.69. The monoisotopic (exact) mass is 332 g/mol. The van der Waals surface area contributed by atoms with Crippen molar-refractivity contribution in [2.75, 3.05) is 0 Å². The second-order valence-electron chi connectivity index (χ2n) is 4.70. The molecular weight excluding hydrogens is 323 g/mol. The van der Waals surface area contributed by atoms with E-state index in [1.54, 1.807) is 0 Å². The molecule has 0 atom stereocenters. The largest absolute Gasteiger partial charge is 0.366 e. The molecule has 0 fully saturated rings. The normalized spacial score (nSPS) is 10.7. The molecule has 1 amide bonds. The molecule has 0 radical (unpaired) electrons. The Morgan fingerprint density at radius 1 is 1.22 bits per heavy atom. The number of H-pyrrole nitrogens is 1. The number of rotatable bonds is 3. The molecule has 2 aromatic carbocycles. The first-order chi connectivity index (χ1) is 11.0. The summed E-state index contributed by atoms with van der Waals surface area (Å²) in [5.74, 6) is -1.16. The smallest absolute Gasteiger partial charge is 0.348 e. The predicted molar refractivity (Wildman–Crippen MR) is 83.1 cm³/mol. The van der Waals surface area contributed by atoms with Gasteiger partial charge in [0.05, 0.1) is 16.3 Å². The quantitative estimate of drug-likeness (QED) is 0.769. The summed E-state index contributed by atoms with van der Waals surface area (Å²) in [5, 5.41) is 4.19. The molecule has 116 valence electrons. The van der Waals surface area contributed by atoms with Gasteiger partial charge in [-0.15, -0.1) is 5.10 Å². The van der Waals surface area contributed by atoms with Crippen LogP contribution in [0.5, 0.6) is 0 Å². The predicted octanol–water partition coefficient (Wildman–Crippen LogP) is 2.12. The maximum absolute atomic E-state index is 13.9. The first kappa shape index (κ1) is 15.0. The molecule has 8 heteroatoms. The number of aromatic amines is 1. The fourth-order valence-electron chi connectivity index (χ4n) is 2.10. The lowest BCUT2D eigenvalue weighted by Crippen LogP contribution is -2.16. The van der Waals surface area contributed by atoms with E-state index in [1.165, 1.54) is 42.5 Å². The van der Waals surface area contributed by atoms with Gasteiger partial charge in [-0.3, -0.25) is 9.78 Å². The van der Waals surface area contributed by atoms with Crippen LogP contribution in [-0.2, 0) is 0 Å². The number of hydrogen-bond donors (Lipinski definition) is 2. The van der Waals surface area contributed by atoms with Gasteiger partial charge in [0.1, 0.15) is 5.82 Å². The molecule has 23 heavy (non-hydrogen) atoms. The van der Waals surface area contributed by atoms with Crippen molar-refractivity contribution in [1.29, 1.82) is 0 Å². The van der Waals surface area contributed by atoms with Gasteiger partial charge in [-0.05, 0) is 36.4 Å². The molecule has 0 bridgehead atoms. The van der Waals surface area contributed by atoms with Gasteiger partial charge in [-0.25, -0.2) is 9.18 Å². The van der Waals surface area contributed by atoms with Crippen LogP contribution in [0.4, 0.5) is 4.39 Å². The van der Waals surface area contributed by atoms with Gasteiger partial charge in [0.25, 0.3) is 0 Å². The minimum atomic E-state index is -0.595. The summed E-state index contributed by atoms with van der Waals surface area (Å²) in [6, 6.07) is 10.1. The summed E-state index contributed by atoms with van der Waals surface area (Å²) in [7, 11) is 0. The lowest BCUT2D eigenvalue weighted by molar-refractivity contribution is 0.100. The Hall–Kier alpha value is -2.93. The molecule has 3 rings (SSSR count). The van der Waals surface area contributed by atoms with Crippen LogP contribution in [-0.4, -0.2) is 20.7 Å². The van der Waals surface area contributed by atoms with Gasteiger partial charge >= 0.3 is 5.69 Å².